The predicted octanol–water partition coefficient (Wildman–Crippen LogP) is 3.62. The molecule has 0 aliphatic heterocycles. The first-order chi connectivity index (χ1) is 11.0. The van der Waals surface area contributed by atoms with E-state index in [-0.39, 0.29) is 5.91 Å². The van der Waals surface area contributed by atoms with Gasteiger partial charge in [-0.2, -0.15) is 5.10 Å². The molecule has 23 heavy (non-hydrogen) atoms. The first kappa shape index (κ1) is 17.0. The number of methoxy groups -OCH3 is 2. The lowest BCUT2D eigenvalue weighted by Crippen LogP contribution is -2.19. The Hall–Kier alpha value is -2.34. The number of benzene rings is 2. The van der Waals surface area contributed by atoms with Gasteiger partial charge in [0.25, 0.3) is 5.91 Å². The Labute approximate surface area is 143 Å². The van der Waals surface area contributed by atoms with Crippen molar-refractivity contribution in [3.63, 3.8) is 0 Å². The maximum Gasteiger partial charge on any atom is 0.271 e. The van der Waals surface area contributed by atoms with Crippen LogP contribution in [-0.2, 0) is 0 Å². The highest BCUT2D eigenvalue weighted by molar-refractivity contribution is 9.10. The van der Waals surface area contributed by atoms with Crippen LogP contribution in [0.25, 0.3) is 0 Å². The third-order valence-electron chi connectivity index (χ3n) is 3.21. The zero-order valence-electron chi connectivity index (χ0n) is 13.1. The van der Waals surface area contributed by atoms with Gasteiger partial charge in [0, 0.05) is 21.7 Å². The van der Waals surface area contributed by atoms with Crippen LogP contribution in [0.3, 0.4) is 0 Å². The number of hydrogen-bond donors (Lipinski definition) is 1. The molecular formula is C17H17BrN2O3. The number of ether oxygens (including phenoxy) is 2. The minimum Gasteiger partial charge on any atom is -0.497 e. The van der Waals surface area contributed by atoms with Gasteiger partial charge in [-0.15, -0.1) is 0 Å². The average molecular weight is 377 g/mol. The van der Waals surface area contributed by atoms with Gasteiger partial charge >= 0.3 is 0 Å². The second kappa shape index (κ2) is 7.78. The molecule has 0 fully saturated rings. The number of halogens is 1. The van der Waals surface area contributed by atoms with Crippen LogP contribution in [0.5, 0.6) is 11.5 Å². The smallest absolute Gasteiger partial charge is 0.271 e. The number of rotatable bonds is 5. The van der Waals surface area contributed by atoms with E-state index in [0.29, 0.717) is 22.8 Å². The van der Waals surface area contributed by atoms with Crippen LogP contribution >= 0.6 is 15.9 Å². The van der Waals surface area contributed by atoms with Crippen LogP contribution < -0.4 is 14.9 Å². The van der Waals surface area contributed by atoms with Crippen LogP contribution in [0.15, 0.2) is 52.0 Å². The molecule has 1 N–H and O–H groups in total. The van der Waals surface area contributed by atoms with Crippen molar-refractivity contribution in [1.82, 2.24) is 5.43 Å². The lowest BCUT2D eigenvalue weighted by Gasteiger charge is -2.10. The number of amides is 1. The van der Waals surface area contributed by atoms with Gasteiger partial charge in [0.05, 0.1) is 19.9 Å². The zero-order valence-corrected chi connectivity index (χ0v) is 14.7. The van der Waals surface area contributed by atoms with Gasteiger partial charge in [-0.25, -0.2) is 5.43 Å². The number of nitrogens with zero attached hydrogens (tertiary/aromatic N) is 1. The van der Waals surface area contributed by atoms with E-state index in [4.69, 9.17) is 9.47 Å². The molecule has 0 heterocycles. The maximum absolute atomic E-state index is 12.1. The first-order valence-corrected chi connectivity index (χ1v) is 7.67. The van der Waals surface area contributed by atoms with E-state index in [2.05, 4.69) is 26.5 Å². The molecule has 0 aliphatic carbocycles. The number of hydrogen-bond acceptors (Lipinski definition) is 4. The molecule has 0 atom stereocenters. The fourth-order valence-corrected chi connectivity index (χ4v) is 2.39. The fraction of sp³-hybridized carbons (Fsp3) is 0.176. The van der Waals surface area contributed by atoms with Crippen molar-refractivity contribution in [3.8, 4) is 11.5 Å². The molecule has 0 aromatic heterocycles. The second-order valence-corrected chi connectivity index (χ2v) is 5.63. The van der Waals surface area contributed by atoms with Crippen molar-refractivity contribution in [2.24, 2.45) is 5.10 Å². The molecule has 0 spiro atoms. The molecule has 6 heteroatoms. The van der Waals surface area contributed by atoms with Crippen LogP contribution in [0.2, 0.25) is 0 Å². The minimum absolute atomic E-state index is 0.280. The van der Waals surface area contributed by atoms with Crippen molar-refractivity contribution >= 4 is 27.5 Å². The predicted molar refractivity (Wildman–Crippen MR) is 93.4 cm³/mol. The normalized spacial score (nSPS) is 11.0. The summed E-state index contributed by atoms with van der Waals surface area (Å²) in [6.45, 7) is 1.80. The van der Waals surface area contributed by atoms with Crippen LogP contribution in [0.4, 0.5) is 0 Å². The van der Waals surface area contributed by atoms with E-state index in [9.17, 15) is 4.79 Å². The molecule has 0 saturated heterocycles. The minimum atomic E-state index is -0.280. The number of nitrogens with one attached hydrogen (secondary N) is 1. The number of hydrazone groups is 1. The van der Waals surface area contributed by atoms with E-state index in [1.807, 2.05) is 18.2 Å². The van der Waals surface area contributed by atoms with Crippen LogP contribution in [0, 0.1) is 0 Å². The van der Waals surface area contributed by atoms with E-state index in [0.717, 1.165) is 10.0 Å². The average Bonchev–Trinajstić information content (AvgIpc) is 2.58. The van der Waals surface area contributed by atoms with E-state index >= 15 is 0 Å². The SMILES string of the molecule is COc1ccc(C(C)=NNC(=O)c2cccc(Br)c2)c(OC)c1. The van der Waals surface area contributed by atoms with Gasteiger partial charge in [0.1, 0.15) is 11.5 Å². The first-order valence-electron chi connectivity index (χ1n) is 6.87. The highest BCUT2D eigenvalue weighted by Crippen LogP contribution is 2.25. The topological polar surface area (TPSA) is 59.9 Å². The van der Waals surface area contributed by atoms with E-state index < -0.39 is 0 Å². The fourth-order valence-electron chi connectivity index (χ4n) is 1.99. The van der Waals surface area contributed by atoms with Gasteiger partial charge in [0.2, 0.25) is 0 Å². The van der Waals surface area contributed by atoms with Gasteiger partial charge in [-0.1, -0.05) is 22.0 Å². The molecule has 0 unspecified atom stereocenters. The number of carbonyl (C=O) groups is 1. The van der Waals surface area contributed by atoms with Gasteiger partial charge in [-0.3, -0.25) is 4.79 Å². The summed E-state index contributed by atoms with van der Waals surface area (Å²) < 4.78 is 11.3. The van der Waals surface area contributed by atoms with Crippen LogP contribution in [0.1, 0.15) is 22.8 Å². The monoisotopic (exact) mass is 376 g/mol. The van der Waals surface area contributed by atoms with E-state index in [1.165, 1.54) is 0 Å². The summed E-state index contributed by atoms with van der Waals surface area (Å²) in [6.07, 6.45) is 0. The Morgan fingerprint density at radius 3 is 2.57 bits per heavy atom. The lowest BCUT2D eigenvalue weighted by atomic mass is 10.1. The van der Waals surface area contributed by atoms with E-state index in [1.54, 1.807) is 45.4 Å². The molecule has 5 nitrogen and oxygen atoms in total. The Balaban J connectivity index is 2.18. The Kier molecular flexibility index (Phi) is 5.76. The third kappa shape index (κ3) is 4.32. The van der Waals surface area contributed by atoms with Crippen molar-refractivity contribution in [3.05, 3.63) is 58.1 Å². The largest absolute Gasteiger partial charge is 0.497 e. The molecule has 2 aromatic carbocycles. The Bertz CT molecular complexity index is 744. The molecule has 0 saturated carbocycles. The second-order valence-electron chi connectivity index (χ2n) is 4.71. The highest BCUT2D eigenvalue weighted by atomic mass is 79.9. The van der Waals surface area contributed by atoms with Gasteiger partial charge in [0.15, 0.2) is 0 Å². The van der Waals surface area contributed by atoms with Gasteiger partial charge < -0.3 is 9.47 Å². The number of carbonyl (C=O) groups excluding carboxylic acids is 1. The summed E-state index contributed by atoms with van der Waals surface area (Å²) in [4.78, 5) is 12.1. The Morgan fingerprint density at radius 1 is 1.13 bits per heavy atom. The summed E-state index contributed by atoms with van der Waals surface area (Å²) >= 11 is 3.34. The van der Waals surface area contributed by atoms with Crippen molar-refractivity contribution in [2.75, 3.05) is 14.2 Å². The molecule has 2 rings (SSSR count). The molecule has 120 valence electrons. The summed E-state index contributed by atoms with van der Waals surface area (Å²) in [7, 11) is 3.17. The quantitative estimate of drug-likeness (QED) is 0.640. The molecule has 0 aliphatic rings. The van der Waals surface area contributed by atoms with Crippen LogP contribution in [-0.4, -0.2) is 25.8 Å². The lowest BCUT2D eigenvalue weighted by molar-refractivity contribution is 0.0954. The molecule has 2 aromatic rings. The molecule has 0 radical (unpaired) electrons. The third-order valence-corrected chi connectivity index (χ3v) is 3.70. The van der Waals surface area contributed by atoms with Crippen molar-refractivity contribution in [2.45, 2.75) is 6.92 Å². The highest BCUT2D eigenvalue weighted by Gasteiger charge is 2.09. The molecule has 0 bridgehead atoms. The molecule has 1 amide bonds. The Morgan fingerprint density at radius 2 is 1.91 bits per heavy atom. The van der Waals surface area contributed by atoms with Crippen molar-refractivity contribution < 1.29 is 14.3 Å². The van der Waals surface area contributed by atoms with Crippen molar-refractivity contribution in [1.29, 1.82) is 0 Å². The zero-order chi connectivity index (χ0) is 16.8. The summed E-state index contributed by atoms with van der Waals surface area (Å²) in [5.74, 6) is 1.04. The summed E-state index contributed by atoms with van der Waals surface area (Å²) in [5, 5.41) is 4.15. The molecular weight excluding hydrogens is 360 g/mol. The summed E-state index contributed by atoms with van der Waals surface area (Å²) in [5.41, 5.74) is 4.48. The van der Waals surface area contributed by atoms with Gasteiger partial charge in [-0.05, 0) is 37.3 Å². The standard InChI is InChI=1S/C17H17BrN2O3/c1-11(15-8-7-14(22-2)10-16(15)23-3)19-20-17(21)12-5-4-6-13(18)9-12/h4-10H,1-3H3,(H,20,21). The summed E-state index contributed by atoms with van der Waals surface area (Å²) in [6, 6.07) is 12.5. The maximum atomic E-state index is 12.1.